The van der Waals surface area contributed by atoms with Crippen molar-refractivity contribution in [3.8, 4) is 0 Å². The van der Waals surface area contributed by atoms with E-state index < -0.39 is 11.4 Å². The van der Waals surface area contributed by atoms with Gasteiger partial charge in [-0.05, 0) is 48.5 Å². The van der Waals surface area contributed by atoms with E-state index in [2.05, 4.69) is 5.32 Å². The van der Waals surface area contributed by atoms with Crippen molar-refractivity contribution in [2.45, 2.75) is 23.8 Å². The highest BCUT2D eigenvalue weighted by Crippen LogP contribution is 2.45. The second kappa shape index (κ2) is 6.54. The van der Waals surface area contributed by atoms with Crippen LogP contribution in [0.1, 0.15) is 39.8 Å². The minimum absolute atomic E-state index is 0.192. The van der Waals surface area contributed by atoms with E-state index in [9.17, 15) is 9.59 Å². The summed E-state index contributed by atoms with van der Waals surface area (Å²) in [6.45, 7) is 0.219. The van der Waals surface area contributed by atoms with E-state index in [-0.39, 0.29) is 12.5 Å². The number of hydrogen-bond donors (Lipinski definition) is 2. The molecule has 2 aliphatic rings. The maximum absolute atomic E-state index is 12.1. The molecule has 118 valence electrons. The summed E-state index contributed by atoms with van der Waals surface area (Å²) in [5, 5.41) is 11.9. The summed E-state index contributed by atoms with van der Waals surface area (Å²) < 4.78 is 0.465. The molecule has 1 amide bonds. The first-order chi connectivity index (χ1) is 10.6. The van der Waals surface area contributed by atoms with Gasteiger partial charge in [0, 0.05) is 12.1 Å². The van der Waals surface area contributed by atoms with Crippen LogP contribution in [-0.4, -0.2) is 35.0 Å². The lowest BCUT2D eigenvalue weighted by molar-refractivity contribution is -0.143. The summed E-state index contributed by atoms with van der Waals surface area (Å²) in [6, 6.07) is 7.69. The summed E-state index contributed by atoms with van der Waals surface area (Å²) in [6.07, 6.45) is 2.56. The van der Waals surface area contributed by atoms with E-state index in [4.69, 9.17) is 5.11 Å². The Morgan fingerprint density at radius 3 is 2.36 bits per heavy atom. The monoisotopic (exact) mass is 337 g/mol. The number of rotatable bonds is 5. The number of amides is 1. The summed E-state index contributed by atoms with van der Waals surface area (Å²) in [4.78, 5) is 23.2. The van der Waals surface area contributed by atoms with E-state index >= 15 is 0 Å². The van der Waals surface area contributed by atoms with Crippen LogP contribution in [0.4, 0.5) is 0 Å². The van der Waals surface area contributed by atoms with E-state index in [1.807, 2.05) is 47.8 Å². The zero-order valence-corrected chi connectivity index (χ0v) is 13.8. The fourth-order valence-corrected chi connectivity index (χ4v) is 5.33. The number of aliphatic carboxylic acids is 1. The third kappa shape index (κ3) is 3.43. The zero-order chi connectivity index (χ0) is 15.6. The molecule has 0 unspecified atom stereocenters. The van der Waals surface area contributed by atoms with Crippen molar-refractivity contribution in [1.29, 1.82) is 0 Å². The fourth-order valence-electron chi connectivity index (χ4n) is 2.44. The molecule has 2 fully saturated rings. The van der Waals surface area contributed by atoms with Gasteiger partial charge in [0.1, 0.15) is 0 Å². The molecule has 0 spiro atoms. The number of carbonyl (C=O) groups excluding carboxylic acids is 1. The maximum Gasteiger partial charge on any atom is 0.311 e. The minimum Gasteiger partial charge on any atom is -0.481 e. The molecule has 1 heterocycles. The van der Waals surface area contributed by atoms with Crippen molar-refractivity contribution < 1.29 is 14.7 Å². The van der Waals surface area contributed by atoms with Gasteiger partial charge >= 0.3 is 5.97 Å². The largest absolute Gasteiger partial charge is 0.481 e. The normalized spacial score (nSPS) is 20.4. The Morgan fingerprint density at radius 1 is 1.18 bits per heavy atom. The van der Waals surface area contributed by atoms with Crippen LogP contribution in [0.25, 0.3) is 0 Å². The van der Waals surface area contributed by atoms with Gasteiger partial charge in [-0.25, -0.2) is 0 Å². The number of carboxylic acids is 1. The summed E-state index contributed by atoms with van der Waals surface area (Å²) in [7, 11) is 0. The van der Waals surface area contributed by atoms with Gasteiger partial charge in [0.15, 0.2) is 0 Å². The standard InChI is InChI=1S/C16H19NO3S2/c18-13(17-10-16(6-7-16)15(19)20)11-2-4-12(5-3-11)14-21-8-1-9-22-14/h2-5,14H,1,6-10H2,(H,17,18)(H,19,20). The van der Waals surface area contributed by atoms with Gasteiger partial charge in [-0.1, -0.05) is 12.1 Å². The summed E-state index contributed by atoms with van der Waals surface area (Å²) >= 11 is 3.91. The topological polar surface area (TPSA) is 66.4 Å². The first-order valence-corrected chi connectivity index (χ1v) is 9.55. The molecule has 6 heteroatoms. The molecule has 1 aromatic carbocycles. The van der Waals surface area contributed by atoms with Crippen LogP contribution in [-0.2, 0) is 4.79 Å². The Kier molecular flexibility index (Phi) is 4.68. The van der Waals surface area contributed by atoms with E-state index in [0.29, 0.717) is 23.0 Å². The predicted octanol–water partition coefficient (Wildman–Crippen LogP) is 3.15. The average Bonchev–Trinajstić information content (AvgIpc) is 3.35. The van der Waals surface area contributed by atoms with Crippen molar-refractivity contribution in [2.24, 2.45) is 5.41 Å². The van der Waals surface area contributed by atoms with Crippen molar-refractivity contribution in [3.05, 3.63) is 35.4 Å². The Labute approximate surface area is 138 Å². The highest BCUT2D eigenvalue weighted by molar-refractivity contribution is 8.16. The van der Waals surface area contributed by atoms with E-state index in [1.165, 1.54) is 23.5 Å². The Hall–Kier alpha value is -1.14. The van der Waals surface area contributed by atoms with Gasteiger partial charge in [0.2, 0.25) is 0 Å². The number of thioether (sulfide) groups is 2. The molecule has 4 nitrogen and oxygen atoms in total. The molecular formula is C16H19NO3S2. The molecule has 1 aliphatic carbocycles. The van der Waals surface area contributed by atoms with Crippen molar-refractivity contribution >= 4 is 35.4 Å². The molecule has 22 heavy (non-hydrogen) atoms. The van der Waals surface area contributed by atoms with Crippen LogP contribution in [0.5, 0.6) is 0 Å². The lowest BCUT2D eigenvalue weighted by Crippen LogP contribution is -2.34. The van der Waals surface area contributed by atoms with Gasteiger partial charge in [0.05, 0.1) is 10.00 Å². The second-order valence-electron chi connectivity index (χ2n) is 5.82. The molecule has 1 saturated carbocycles. The third-order valence-corrected chi connectivity index (χ3v) is 7.18. The van der Waals surface area contributed by atoms with Crippen molar-refractivity contribution in [1.82, 2.24) is 5.32 Å². The van der Waals surface area contributed by atoms with Crippen molar-refractivity contribution in [2.75, 3.05) is 18.1 Å². The molecule has 0 aromatic heterocycles. The van der Waals surface area contributed by atoms with E-state index in [1.54, 1.807) is 0 Å². The molecule has 2 N–H and O–H groups in total. The van der Waals surface area contributed by atoms with E-state index in [0.717, 1.165) is 0 Å². The quantitative estimate of drug-likeness (QED) is 0.864. The first-order valence-electron chi connectivity index (χ1n) is 7.45. The van der Waals surface area contributed by atoms with Crippen LogP contribution in [0, 0.1) is 5.41 Å². The highest BCUT2D eigenvalue weighted by Gasteiger charge is 2.50. The van der Waals surface area contributed by atoms with Crippen LogP contribution in [0.3, 0.4) is 0 Å². The molecule has 0 radical (unpaired) electrons. The van der Waals surface area contributed by atoms with Crippen LogP contribution in [0.15, 0.2) is 24.3 Å². The van der Waals surface area contributed by atoms with Crippen molar-refractivity contribution in [3.63, 3.8) is 0 Å². The smallest absolute Gasteiger partial charge is 0.311 e. The second-order valence-corrected chi connectivity index (χ2v) is 8.54. The van der Waals surface area contributed by atoms with Gasteiger partial charge in [0.25, 0.3) is 5.91 Å². The molecule has 0 bridgehead atoms. The molecule has 0 atom stereocenters. The van der Waals surface area contributed by atoms with Crippen LogP contribution in [0.2, 0.25) is 0 Å². The molecule has 3 rings (SSSR count). The minimum atomic E-state index is -0.811. The Balaban J connectivity index is 1.57. The Bertz CT molecular complexity index is 563. The SMILES string of the molecule is O=C(NCC1(C(=O)O)CC1)c1ccc(C2SCCCS2)cc1. The average molecular weight is 337 g/mol. The predicted molar refractivity (Wildman–Crippen MR) is 90.4 cm³/mol. The lowest BCUT2D eigenvalue weighted by Gasteiger charge is -2.21. The number of nitrogens with one attached hydrogen (secondary N) is 1. The van der Waals surface area contributed by atoms with Gasteiger partial charge in [-0.15, -0.1) is 23.5 Å². The molecule has 1 aliphatic heterocycles. The maximum atomic E-state index is 12.1. The molecular weight excluding hydrogens is 318 g/mol. The molecule has 1 aromatic rings. The lowest BCUT2D eigenvalue weighted by atomic mass is 10.1. The fraction of sp³-hybridized carbons (Fsp3) is 0.500. The van der Waals surface area contributed by atoms with Gasteiger partial charge in [-0.3, -0.25) is 9.59 Å². The van der Waals surface area contributed by atoms with Gasteiger partial charge in [-0.2, -0.15) is 0 Å². The van der Waals surface area contributed by atoms with Crippen LogP contribution >= 0.6 is 23.5 Å². The Morgan fingerprint density at radius 2 is 1.82 bits per heavy atom. The number of carbonyl (C=O) groups is 2. The number of carboxylic acid groups (broad SMARTS) is 1. The zero-order valence-electron chi connectivity index (χ0n) is 12.2. The first kappa shape index (κ1) is 15.7. The highest BCUT2D eigenvalue weighted by atomic mass is 32.2. The number of hydrogen-bond acceptors (Lipinski definition) is 4. The van der Waals surface area contributed by atoms with Gasteiger partial charge < -0.3 is 10.4 Å². The summed E-state index contributed by atoms with van der Waals surface area (Å²) in [5.74, 6) is 1.38. The van der Waals surface area contributed by atoms with Crippen LogP contribution < -0.4 is 5.32 Å². The third-order valence-electron chi connectivity index (χ3n) is 4.17. The number of benzene rings is 1. The molecule has 1 saturated heterocycles. The summed E-state index contributed by atoms with van der Waals surface area (Å²) in [5.41, 5.74) is 1.12.